The van der Waals surface area contributed by atoms with E-state index in [4.69, 9.17) is 5.26 Å². The number of nitriles is 1. The fraction of sp³-hybridized carbons (Fsp3) is 0.200. The topological polar surface area (TPSA) is 52.9 Å². The Bertz CT molecular complexity index is 353. The minimum atomic E-state index is -0.638. The van der Waals surface area contributed by atoms with Gasteiger partial charge in [0.05, 0.1) is 0 Å². The summed E-state index contributed by atoms with van der Waals surface area (Å²) in [4.78, 5) is 11.9. The molecule has 0 aliphatic carbocycles. The van der Waals surface area contributed by atoms with E-state index in [1.54, 1.807) is 23.9 Å². The quantitative estimate of drug-likeness (QED) is 0.609. The number of hydrogen-bond donors (Lipinski definition) is 1. The van der Waals surface area contributed by atoms with Gasteiger partial charge in [-0.15, -0.1) is 11.8 Å². The van der Waals surface area contributed by atoms with Crippen LogP contribution in [-0.2, 0) is 4.79 Å². The van der Waals surface area contributed by atoms with Gasteiger partial charge in [-0.25, -0.2) is 0 Å². The zero-order valence-corrected chi connectivity index (χ0v) is 8.60. The number of carbonyl (C=O) groups excluding carboxylic acids is 1. The van der Waals surface area contributed by atoms with Gasteiger partial charge < -0.3 is 5.32 Å². The average Bonchev–Trinajstić information content (AvgIpc) is 2.21. The van der Waals surface area contributed by atoms with Crippen LogP contribution in [0.2, 0.25) is 0 Å². The summed E-state index contributed by atoms with van der Waals surface area (Å²) in [6.07, 6.45) is 0. The van der Waals surface area contributed by atoms with E-state index in [2.05, 4.69) is 12.2 Å². The molecule has 1 aromatic carbocycles. The summed E-state index contributed by atoms with van der Waals surface area (Å²) in [5, 5.41) is 10.7. The molecule has 0 heterocycles. The van der Waals surface area contributed by atoms with Crippen molar-refractivity contribution < 1.29 is 4.79 Å². The van der Waals surface area contributed by atoms with E-state index >= 15 is 0 Å². The Balaban J connectivity index is 2.65. The predicted molar refractivity (Wildman–Crippen MR) is 57.1 cm³/mol. The molecule has 14 heavy (non-hydrogen) atoms. The molecule has 0 aliphatic rings. The van der Waals surface area contributed by atoms with Crippen molar-refractivity contribution in [2.45, 2.75) is 11.8 Å². The van der Waals surface area contributed by atoms with Crippen molar-refractivity contribution in [3.05, 3.63) is 24.3 Å². The molecule has 1 amide bonds. The van der Waals surface area contributed by atoms with Crippen LogP contribution < -0.4 is 5.32 Å². The van der Waals surface area contributed by atoms with Gasteiger partial charge in [-0.05, 0) is 30.0 Å². The lowest BCUT2D eigenvalue weighted by molar-refractivity contribution is -0.111. The first-order valence-corrected chi connectivity index (χ1v) is 5.18. The third kappa shape index (κ3) is 3.11. The zero-order chi connectivity index (χ0) is 10.4. The molecule has 0 bridgehead atoms. The molecule has 0 unspecified atom stereocenters. The van der Waals surface area contributed by atoms with Crippen LogP contribution in [0, 0.1) is 11.3 Å². The summed E-state index contributed by atoms with van der Waals surface area (Å²) in [6, 6.07) is 8.90. The van der Waals surface area contributed by atoms with Crippen LogP contribution in [0.25, 0.3) is 0 Å². The molecule has 4 heteroatoms. The molecule has 0 aromatic heterocycles. The maximum absolute atomic E-state index is 10.7. The van der Waals surface area contributed by atoms with Gasteiger partial charge in [0.1, 0.15) is 0 Å². The van der Waals surface area contributed by atoms with Gasteiger partial charge >= 0.3 is 5.91 Å². The van der Waals surface area contributed by atoms with Gasteiger partial charge in [-0.1, -0.05) is 6.92 Å². The number of nitrogens with one attached hydrogen (secondary N) is 1. The number of amides is 1. The highest BCUT2D eigenvalue weighted by atomic mass is 32.2. The normalized spacial score (nSPS) is 9.14. The number of thioether (sulfide) groups is 1. The van der Waals surface area contributed by atoms with E-state index in [0.717, 1.165) is 10.6 Å². The van der Waals surface area contributed by atoms with Gasteiger partial charge in [0.25, 0.3) is 0 Å². The van der Waals surface area contributed by atoms with E-state index in [0.29, 0.717) is 5.69 Å². The smallest absolute Gasteiger partial charge is 0.313 e. The van der Waals surface area contributed by atoms with Gasteiger partial charge in [0.15, 0.2) is 6.07 Å². The van der Waals surface area contributed by atoms with E-state index < -0.39 is 5.91 Å². The average molecular weight is 206 g/mol. The van der Waals surface area contributed by atoms with Crippen LogP contribution in [0.1, 0.15) is 6.92 Å². The molecule has 0 atom stereocenters. The highest BCUT2D eigenvalue weighted by Crippen LogP contribution is 2.19. The first kappa shape index (κ1) is 10.6. The monoisotopic (exact) mass is 206 g/mol. The second-order valence-corrected chi connectivity index (χ2v) is 3.86. The molecular formula is C10H10N2OS. The molecule has 0 aliphatic heterocycles. The second kappa shape index (κ2) is 5.30. The number of hydrogen-bond acceptors (Lipinski definition) is 3. The Kier molecular flexibility index (Phi) is 4.02. The SMILES string of the molecule is CCSc1ccc(NC(=O)C#N)cc1. The lowest BCUT2D eigenvalue weighted by atomic mass is 10.3. The van der Waals surface area contributed by atoms with E-state index in [1.165, 1.54) is 6.07 Å². The molecule has 3 nitrogen and oxygen atoms in total. The molecule has 0 saturated heterocycles. The summed E-state index contributed by atoms with van der Waals surface area (Å²) in [5.41, 5.74) is 0.650. The maximum Gasteiger partial charge on any atom is 0.326 e. The third-order valence-corrected chi connectivity index (χ3v) is 2.42. The van der Waals surface area contributed by atoms with Crippen molar-refractivity contribution in [1.82, 2.24) is 0 Å². The Morgan fingerprint density at radius 2 is 2.14 bits per heavy atom. The van der Waals surface area contributed by atoms with Crippen LogP contribution in [0.15, 0.2) is 29.2 Å². The van der Waals surface area contributed by atoms with Gasteiger partial charge in [-0.2, -0.15) is 5.26 Å². The molecule has 72 valence electrons. The molecule has 0 spiro atoms. The maximum atomic E-state index is 10.7. The zero-order valence-electron chi connectivity index (χ0n) is 7.78. The summed E-state index contributed by atoms with van der Waals surface area (Å²) >= 11 is 1.73. The van der Waals surface area contributed by atoms with Crippen LogP contribution in [0.3, 0.4) is 0 Å². The Labute approximate surface area is 87.1 Å². The van der Waals surface area contributed by atoms with E-state index in [1.807, 2.05) is 12.1 Å². The summed E-state index contributed by atoms with van der Waals surface area (Å²) in [5.74, 6) is 0.380. The molecule has 1 aromatic rings. The van der Waals surface area contributed by atoms with Crippen molar-refractivity contribution in [3.8, 4) is 6.07 Å². The summed E-state index contributed by atoms with van der Waals surface area (Å²) in [6.45, 7) is 2.08. The number of rotatable bonds is 3. The Morgan fingerprint density at radius 3 is 2.64 bits per heavy atom. The van der Waals surface area contributed by atoms with Gasteiger partial charge in [0, 0.05) is 10.6 Å². The van der Waals surface area contributed by atoms with Crippen molar-refractivity contribution >= 4 is 23.4 Å². The van der Waals surface area contributed by atoms with Crippen molar-refractivity contribution in [3.63, 3.8) is 0 Å². The number of anilines is 1. The van der Waals surface area contributed by atoms with Crippen LogP contribution in [0.5, 0.6) is 0 Å². The molecule has 0 saturated carbocycles. The minimum Gasteiger partial charge on any atom is -0.313 e. The molecule has 1 rings (SSSR count). The minimum absolute atomic E-state index is 0.638. The van der Waals surface area contributed by atoms with E-state index in [9.17, 15) is 4.79 Å². The third-order valence-electron chi connectivity index (χ3n) is 1.52. The number of nitrogens with zero attached hydrogens (tertiary/aromatic N) is 1. The van der Waals surface area contributed by atoms with Crippen molar-refractivity contribution in [1.29, 1.82) is 5.26 Å². The highest BCUT2D eigenvalue weighted by Gasteiger charge is 1.98. The number of carbonyl (C=O) groups is 1. The first-order chi connectivity index (χ1) is 6.76. The lowest BCUT2D eigenvalue weighted by Crippen LogP contribution is -2.07. The summed E-state index contributed by atoms with van der Waals surface area (Å²) in [7, 11) is 0. The number of benzene rings is 1. The molecule has 0 radical (unpaired) electrons. The van der Waals surface area contributed by atoms with Crippen LogP contribution >= 0.6 is 11.8 Å². The van der Waals surface area contributed by atoms with Crippen LogP contribution in [-0.4, -0.2) is 11.7 Å². The molecular weight excluding hydrogens is 196 g/mol. The van der Waals surface area contributed by atoms with Gasteiger partial charge in [-0.3, -0.25) is 4.79 Å². The standard InChI is InChI=1S/C10H10N2OS/c1-2-14-9-5-3-8(4-6-9)12-10(13)7-11/h3-6H,2H2,1H3,(H,12,13). The Morgan fingerprint density at radius 1 is 1.50 bits per heavy atom. The fourth-order valence-corrected chi connectivity index (χ4v) is 1.62. The van der Waals surface area contributed by atoms with Gasteiger partial charge in [0.2, 0.25) is 0 Å². The fourth-order valence-electron chi connectivity index (χ4n) is 0.960. The Hall–Kier alpha value is -1.47. The van der Waals surface area contributed by atoms with Crippen molar-refractivity contribution in [2.75, 3.05) is 11.1 Å². The largest absolute Gasteiger partial charge is 0.326 e. The second-order valence-electron chi connectivity index (χ2n) is 2.52. The van der Waals surface area contributed by atoms with E-state index in [-0.39, 0.29) is 0 Å². The lowest BCUT2D eigenvalue weighted by Gasteiger charge is -2.01. The van der Waals surface area contributed by atoms with Crippen LogP contribution in [0.4, 0.5) is 5.69 Å². The highest BCUT2D eigenvalue weighted by molar-refractivity contribution is 7.99. The predicted octanol–water partition coefficient (Wildman–Crippen LogP) is 2.26. The first-order valence-electron chi connectivity index (χ1n) is 4.20. The molecule has 0 fully saturated rings. The molecule has 1 N–H and O–H groups in total. The summed E-state index contributed by atoms with van der Waals surface area (Å²) < 4.78 is 0. The van der Waals surface area contributed by atoms with Crippen molar-refractivity contribution in [2.24, 2.45) is 0 Å².